The molecule has 222 valence electrons. The molecule has 1 atom stereocenters. The molecule has 8 heteroatoms. The van der Waals surface area contributed by atoms with E-state index in [1.807, 2.05) is 83.8 Å². The highest BCUT2D eigenvalue weighted by molar-refractivity contribution is 5.95. The van der Waals surface area contributed by atoms with Crippen molar-refractivity contribution in [3.63, 3.8) is 0 Å². The molecule has 43 heavy (non-hydrogen) atoms. The summed E-state index contributed by atoms with van der Waals surface area (Å²) in [4.78, 5) is 28.3. The third-order valence-corrected chi connectivity index (χ3v) is 7.90. The molecular weight excluding hydrogens is 562 g/mol. The van der Waals surface area contributed by atoms with Crippen LogP contribution in [0.1, 0.15) is 57.1 Å². The summed E-state index contributed by atoms with van der Waals surface area (Å²) in [5, 5.41) is 2.98. The number of carbonyl (C=O) groups excluding carboxylic acids is 2. The van der Waals surface area contributed by atoms with Crippen molar-refractivity contribution in [3.8, 4) is 17.2 Å². The normalized spacial score (nSPS) is 16.6. The third kappa shape index (κ3) is 7.01. The predicted octanol–water partition coefficient (Wildman–Crippen LogP) is 5.98. The Labute approximate surface area is 258 Å². The fourth-order valence-corrected chi connectivity index (χ4v) is 5.71. The van der Waals surface area contributed by atoms with Gasteiger partial charge in [0.25, 0.3) is 5.91 Å². The van der Waals surface area contributed by atoms with E-state index in [2.05, 4.69) is 17.4 Å². The number of ether oxygens (including phenoxy) is 2. The summed E-state index contributed by atoms with van der Waals surface area (Å²) in [5.41, 5.74) is 11.7. The van der Waals surface area contributed by atoms with Crippen molar-refractivity contribution in [2.24, 2.45) is 5.73 Å². The summed E-state index contributed by atoms with van der Waals surface area (Å²) in [7, 11) is 0. The average Bonchev–Trinajstić information content (AvgIpc) is 3.03. The van der Waals surface area contributed by atoms with Crippen molar-refractivity contribution in [2.45, 2.75) is 38.3 Å². The first-order valence-electron chi connectivity index (χ1n) is 14.6. The van der Waals surface area contributed by atoms with Gasteiger partial charge in [-0.05, 0) is 95.6 Å². The van der Waals surface area contributed by atoms with Crippen LogP contribution in [-0.2, 0) is 24.2 Å². The molecule has 9 rings (SSSR count). The summed E-state index contributed by atoms with van der Waals surface area (Å²) in [5.74, 6) is 2.21. The van der Waals surface area contributed by atoms with Crippen LogP contribution in [0, 0.1) is 0 Å². The van der Waals surface area contributed by atoms with Crippen LogP contribution in [0.15, 0.2) is 91.0 Å². The van der Waals surface area contributed by atoms with Crippen LogP contribution in [0.5, 0.6) is 17.2 Å². The van der Waals surface area contributed by atoms with Gasteiger partial charge in [0.2, 0.25) is 5.91 Å². The van der Waals surface area contributed by atoms with E-state index in [9.17, 15) is 9.59 Å². The van der Waals surface area contributed by atoms with Gasteiger partial charge in [0.15, 0.2) is 0 Å². The summed E-state index contributed by atoms with van der Waals surface area (Å²) in [6.07, 6.45) is 2.50. The van der Waals surface area contributed by atoms with E-state index in [0.29, 0.717) is 57.5 Å². The summed E-state index contributed by atoms with van der Waals surface area (Å²) < 4.78 is 12.3. The molecule has 1 unspecified atom stereocenters. The predicted molar refractivity (Wildman–Crippen MR) is 169 cm³/mol. The van der Waals surface area contributed by atoms with E-state index in [-0.39, 0.29) is 30.3 Å². The molecular formula is C35H36ClN3O4. The Hall–Kier alpha value is -4.33. The number of hydrogen-bond donors (Lipinski definition) is 2. The average molecular weight is 598 g/mol. The number of aryl methyl sites for hydroxylation is 1. The number of hydrogen-bond acceptors (Lipinski definition) is 5. The van der Waals surface area contributed by atoms with Crippen molar-refractivity contribution in [2.75, 3.05) is 19.7 Å². The quantitative estimate of drug-likeness (QED) is 0.297. The van der Waals surface area contributed by atoms with E-state index in [4.69, 9.17) is 15.2 Å². The molecule has 2 amide bonds. The second kappa shape index (κ2) is 13.8. The van der Waals surface area contributed by atoms with Crippen molar-refractivity contribution >= 4 is 24.2 Å². The molecule has 0 aromatic heterocycles. The van der Waals surface area contributed by atoms with Gasteiger partial charge in [0.05, 0.1) is 12.6 Å². The molecule has 7 nitrogen and oxygen atoms in total. The third-order valence-electron chi connectivity index (χ3n) is 7.90. The van der Waals surface area contributed by atoms with E-state index < -0.39 is 0 Å². The molecule has 3 N–H and O–H groups in total. The van der Waals surface area contributed by atoms with Gasteiger partial charge in [0, 0.05) is 31.6 Å². The molecule has 0 aliphatic carbocycles. The maximum Gasteiger partial charge on any atom is 0.254 e. The summed E-state index contributed by atoms with van der Waals surface area (Å²) >= 11 is 0. The summed E-state index contributed by atoms with van der Waals surface area (Å²) in [6, 6.07) is 29.2. The standard InChI is InChI=1S/C35H35N3O4.ClH/c36-23-25-4-1-6-28(20-25)35(40)38-18-16-26-21-31-13-14-32(26)34(38)27-5-2-7-30(22-27)41-19-3-17-37-33(39)15-10-24-8-11-29(42-31)12-9-24;/h1-2,4-9,11-14,20-22,34H,3,10,15-19,23,36H2,(H,37,39);1H. The van der Waals surface area contributed by atoms with Crippen LogP contribution in [0.25, 0.3) is 0 Å². The highest BCUT2D eigenvalue weighted by atomic mass is 35.5. The number of nitrogens with one attached hydrogen (secondary N) is 1. The molecule has 0 saturated carbocycles. The number of nitrogens with two attached hydrogens (primary N) is 1. The second-order valence-electron chi connectivity index (χ2n) is 10.8. The van der Waals surface area contributed by atoms with Crippen molar-refractivity contribution in [1.82, 2.24) is 10.2 Å². The maximum absolute atomic E-state index is 14.0. The number of nitrogens with zero attached hydrogens (tertiary/aromatic N) is 1. The van der Waals surface area contributed by atoms with Crippen LogP contribution >= 0.6 is 12.4 Å². The van der Waals surface area contributed by atoms with Gasteiger partial charge in [-0.2, -0.15) is 0 Å². The minimum absolute atomic E-state index is 0. The Bertz CT molecular complexity index is 1590. The molecule has 4 aromatic rings. The molecule has 8 bridgehead atoms. The van der Waals surface area contributed by atoms with Gasteiger partial charge in [-0.3, -0.25) is 9.59 Å². The van der Waals surface area contributed by atoms with Crippen molar-refractivity contribution in [3.05, 3.63) is 124 Å². The second-order valence-corrected chi connectivity index (χ2v) is 10.8. The first-order valence-corrected chi connectivity index (χ1v) is 14.6. The lowest BCUT2D eigenvalue weighted by molar-refractivity contribution is -0.121. The fraction of sp³-hybridized carbons (Fsp3) is 0.257. The van der Waals surface area contributed by atoms with E-state index in [0.717, 1.165) is 45.1 Å². The Balaban J connectivity index is 0.00000368. The molecule has 0 spiro atoms. The minimum atomic E-state index is -0.298. The van der Waals surface area contributed by atoms with E-state index >= 15 is 0 Å². The first-order chi connectivity index (χ1) is 20.6. The van der Waals surface area contributed by atoms with E-state index in [1.54, 1.807) is 0 Å². The Kier molecular flexibility index (Phi) is 9.65. The Morgan fingerprint density at radius 2 is 1.70 bits per heavy atom. The fourth-order valence-electron chi connectivity index (χ4n) is 5.71. The zero-order valence-corrected chi connectivity index (χ0v) is 24.8. The van der Waals surface area contributed by atoms with Crippen molar-refractivity contribution < 1.29 is 19.1 Å². The molecule has 5 heterocycles. The van der Waals surface area contributed by atoms with Gasteiger partial charge < -0.3 is 25.4 Å². The zero-order valence-electron chi connectivity index (χ0n) is 24.0. The molecule has 0 fully saturated rings. The smallest absolute Gasteiger partial charge is 0.254 e. The number of halogens is 1. The Morgan fingerprint density at radius 1 is 0.884 bits per heavy atom. The minimum Gasteiger partial charge on any atom is -0.494 e. The number of amides is 2. The van der Waals surface area contributed by atoms with Gasteiger partial charge in [-0.25, -0.2) is 0 Å². The lowest BCUT2D eigenvalue weighted by atomic mass is 9.87. The molecule has 0 radical (unpaired) electrons. The SMILES string of the molecule is Cl.NCc1cccc(C(=O)N2CCc3cc4ccc3C2c2cccc(c2)OCCCNC(=O)CCc2ccc(cc2)O4)c1. The number of carbonyl (C=O) groups is 2. The molecule has 5 aliphatic heterocycles. The lowest BCUT2D eigenvalue weighted by Gasteiger charge is -2.38. The number of rotatable bonds is 2. The first kappa shape index (κ1) is 30.1. The summed E-state index contributed by atoms with van der Waals surface area (Å²) in [6.45, 7) is 1.96. The maximum atomic E-state index is 14.0. The van der Waals surface area contributed by atoms with Crippen LogP contribution in [0.2, 0.25) is 0 Å². The van der Waals surface area contributed by atoms with Gasteiger partial charge in [-0.1, -0.05) is 42.5 Å². The van der Waals surface area contributed by atoms with Crippen LogP contribution in [-0.4, -0.2) is 36.4 Å². The van der Waals surface area contributed by atoms with Gasteiger partial charge in [0.1, 0.15) is 17.2 Å². The topological polar surface area (TPSA) is 93.9 Å². The number of benzene rings is 4. The monoisotopic (exact) mass is 597 g/mol. The molecule has 4 aromatic carbocycles. The molecule has 0 saturated heterocycles. The highest BCUT2D eigenvalue weighted by Crippen LogP contribution is 2.39. The van der Waals surface area contributed by atoms with Gasteiger partial charge >= 0.3 is 0 Å². The van der Waals surface area contributed by atoms with Crippen molar-refractivity contribution in [1.29, 1.82) is 0 Å². The van der Waals surface area contributed by atoms with Crippen LogP contribution in [0.3, 0.4) is 0 Å². The van der Waals surface area contributed by atoms with Crippen LogP contribution in [0.4, 0.5) is 0 Å². The highest BCUT2D eigenvalue weighted by Gasteiger charge is 2.33. The van der Waals surface area contributed by atoms with E-state index in [1.165, 1.54) is 0 Å². The largest absolute Gasteiger partial charge is 0.494 e. The molecule has 5 aliphatic rings. The van der Waals surface area contributed by atoms with Crippen LogP contribution < -0.4 is 20.5 Å². The lowest BCUT2D eigenvalue weighted by Crippen LogP contribution is -2.40. The zero-order chi connectivity index (χ0) is 28.9. The van der Waals surface area contributed by atoms with Gasteiger partial charge in [-0.15, -0.1) is 12.4 Å². The Morgan fingerprint density at radius 3 is 2.53 bits per heavy atom.